The Morgan fingerprint density at radius 2 is 2.12 bits per heavy atom. The lowest BCUT2D eigenvalue weighted by molar-refractivity contribution is 1.02. The minimum absolute atomic E-state index is 0.00768. The van der Waals surface area contributed by atoms with E-state index in [9.17, 15) is 0 Å². The Labute approximate surface area is 101 Å². The zero-order chi connectivity index (χ0) is 12.4. The number of aromatic amines is 1. The smallest absolute Gasteiger partial charge is 0.0460 e. The zero-order valence-corrected chi connectivity index (χ0v) is 9.96. The largest absolute Gasteiger partial charge is 0.361 e. The molecule has 1 aromatic heterocycles. The third kappa shape index (κ3) is 1.94. The van der Waals surface area contributed by atoms with Gasteiger partial charge in [0.25, 0.3) is 0 Å². The number of para-hydroxylation sites is 1. The normalized spacial score (nSPS) is 12.3. The molecule has 0 saturated carbocycles. The van der Waals surface area contributed by atoms with Gasteiger partial charge < -0.3 is 10.4 Å². The van der Waals surface area contributed by atoms with Crippen LogP contribution in [0.1, 0.15) is 12.5 Å². The third-order valence-electron chi connectivity index (χ3n) is 3.14. The van der Waals surface area contributed by atoms with Gasteiger partial charge in [-0.05, 0) is 17.7 Å². The average molecular weight is 224 g/mol. The van der Waals surface area contributed by atoms with Gasteiger partial charge in [-0.15, -0.1) is 0 Å². The third-order valence-corrected chi connectivity index (χ3v) is 3.14. The van der Waals surface area contributed by atoms with Crippen molar-refractivity contribution in [3.63, 3.8) is 0 Å². The topological polar surface area (TPSA) is 39.6 Å². The van der Waals surface area contributed by atoms with E-state index in [1.54, 1.807) is 6.08 Å². The summed E-state index contributed by atoms with van der Waals surface area (Å²) in [5.41, 5.74) is 3.63. The van der Waals surface area contributed by atoms with Crippen LogP contribution in [0.4, 0.5) is 0 Å². The zero-order valence-electron chi connectivity index (χ0n) is 9.96. The maximum atomic E-state index is 7.80. The second-order valence-corrected chi connectivity index (χ2v) is 4.15. The monoisotopic (exact) mass is 224 g/mol. The molecule has 2 aromatic rings. The van der Waals surface area contributed by atoms with E-state index >= 15 is 0 Å². The van der Waals surface area contributed by atoms with Crippen LogP contribution in [0.15, 0.2) is 49.7 Å². The molecule has 1 heterocycles. The van der Waals surface area contributed by atoms with E-state index in [2.05, 4.69) is 24.2 Å². The molecule has 86 valence electrons. The summed E-state index contributed by atoms with van der Waals surface area (Å²) in [6, 6.07) is 8.11. The molecule has 1 unspecified atom stereocenters. The van der Waals surface area contributed by atoms with Crippen molar-refractivity contribution < 1.29 is 0 Å². The summed E-state index contributed by atoms with van der Waals surface area (Å²) < 4.78 is 0. The van der Waals surface area contributed by atoms with Crippen LogP contribution in [-0.4, -0.2) is 10.7 Å². The fourth-order valence-electron chi connectivity index (χ4n) is 1.93. The number of hydrogen-bond donors (Lipinski definition) is 2. The van der Waals surface area contributed by atoms with E-state index in [4.69, 9.17) is 5.41 Å². The molecule has 17 heavy (non-hydrogen) atoms. The minimum atomic E-state index is -0.00768. The van der Waals surface area contributed by atoms with Gasteiger partial charge in [0.05, 0.1) is 0 Å². The number of hydrogen-bond acceptors (Lipinski definition) is 1. The van der Waals surface area contributed by atoms with Gasteiger partial charge in [-0.2, -0.15) is 0 Å². The van der Waals surface area contributed by atoms with Crippen LogP contribution in [0.3, 0.4) is 0 Å². The molecule has 2 heteroatoms. The van der Waals surface area contributed by atoms with Gasteiger partial charge in [0.1, 0.15) is 0 Å². The van der Waals surface area contributed by atoms with Gasteiger partial charge in [0, 0.05) is 34.3 Å². The highest BCUT2D eigenvalue weighted by molar-refractivity contribution is 6.04. The minimum Gasteiger partial charge on any atom is -0.361 e. The molecule has 0 bridgehead atoms. The first-order valence-electron chi connectivity index (χ1n) is 5.61. The molecule has 0 amide bonds. The number of nitrogens with one attached hydrogen (secondary N) is 2. The highest BCUT2D eigenvalue weighted by Crippen LogP contribution is 2.29. The fraction of sp³-hybridized carbons (Fsp3) is 0.133. The lowest BCUT2D eigenvalue weighted by atomic mass is 9.91. The molecular formula is C15H16N2. The van der Waals surface area contributed by atoms with Gasteiger partial charge >= 0.3 is 0 Å². The molecule has 2 nitrogen and oxygen atoms in total. The van der Waals surface area contributed by atoms with Crippen molar-refractivity contribution in [2.24, 2.45) is 5.92 Å². The Balaban J connectivity index is 2.43. The van der Waals surface area contributed by atoms with E-state index in [1.165, 1.54) is 0 Å². The highest BCUT2D eigenvalue weighted by Gasteiger charge is 2.14. The highest BCUT2D eigenvalue weighted by atomic mass is 14.7. The van der Waals surface area contributed by atoms with E-state index in [0.717, 1.165) is 22.0 Å². The van der Waals surface area contributed by atoms with Crippen LogP contribution in [0.2, 0.25) is 0 Å². The Morgan fingerprint density at radius 3 is 2.82 bits per heavy atom. The lowest BCUT2D eigenvalue weighted by Crippen LogP contribution is -2.08. The van der Waals surface area contributed by atoms with Gasteiger partial charge in [0.15, 0.2) is 0 Å². The summed E-state index contributed by atoms with van der Waals surface area (Å²) in [4.78, 5) is 3.22. The number of allylic oxidation sites excluding steroid dienone is 2. The van der Waals surface area contributed by atoms with E-state index < -0.39 is 0 Å². The molecule has 0 radical (unpaired) electrons. The van der Waals surface area contributed by atoms with Crippen molar-refractivity contribution in [1.29, 1.82) is 5.41 Å². The second kappa shape index (κ2) is 4.42. The summed E-state index contributed by atoms with van der Waals surface area (Å²) in [6.45, 7) is 9.72. The molecule has 2 N–H and O–H groups in total. The van der Waals surface area contributed by atoms with Crippen LogP contribution in [0.5, 0.6) is 0 Å². The maximum Gasteiger partial charge on any atom is 0.0460 e. The molecule has 2 rings (SSSR count). The van der Waals surface area contributed by atoms with Gasteiger partial charge in [-0.3, -0.25) is 0 Å². The second-order valence-electron chi connectivity index (χ2n) is 4.15. The molecule has 1 atom stereocenters. The molecule has 0 spiro atoms. The van der Waals surface area contributed by atoms with Crippen LogP contribution in [0, 0.1) is 11.3 Å². The molecule has 0 fully saturated rings. The number of rotatable bonds is 4. The Kier molecular flexibility index (Phi) is 2.96. The predicted octanol–water partition coefficient (Wildman–Crippen LogP) is 4.02. The SMILES string of the molecule is C=CC(=N)C(C)C(=C)c1c[nH]c2ccccc12. The standard InChI is InChI=1S/C15H16N2/c1-4-14(16)11(3)10(2)13-9-17-15-8-6-5-7-12(13)15/h4-9,11,16-17H,1-2H2,3H3. The molecular weight excluding hydrogens is 208 g/mol. The summed E-state index contributed by atoms with van der Waals surface area (Å²) in [5.74, 6) is -0.00768. The first kappa shape index (κ1) is 11.4. The van der Waals surface area contributed by atoms with E-state index in [1.807, 2.05) is 31.3 Å². The quantitative estimate of drug-likeness (QED) is 0.736. The van der Waals surface area contributed by atoms with Crippen LogP contribution in [-0.2, 0) is 0 Å². The Hall–Kier alpha value is -2.09. The maximum absolute atomic E-state index is 7.80. The summed E-state index contributed by atoms with van der Waals surface area (Å²) in [5, 5.41) is 8.95. The number of fused-ring (bicyclic) bond motifs is 1. The molecule has 0 aliphatic rings. The van der Waals surface area contributed by atoms with Crippen molar-refractivity contribution in [1.82, 2.24) is 4.98 Å². The summed E-state index contributed by atoms with van der Waals surface area (Å²) in [6.07, 6.45) is 3.53. The Morgan fingerprint density at radius 1 is 1.41 bits per heavy atom. The first-order valence-corrected chi connectivity index (χ1v) is 5.61. The van der Waals surface area contributed by atoms with Crippen molar-refractivity contribution in [3.05, 3.63) is 55.3 Å². The van der Waals surface area contributed by atoms with E-state index in [-0.39, 0.29) is 5.92 Å². The number of benzene rings is 1. The van der Waals surface area contributed by atoms with Crippen molar-refractivity contribution in [2.45, 2.75) is 6.92 Å². The number of aromatic nitrogens is 1. The van der Waals surface area contributed by atoms with Gasteiger partial charge in [-0.25, -0.2) is 0 Å². The van der Waals surface area contributed by atoms with Crippen molar-refractivity contribution in [2.75, 3.05) is 0 Å². The first-order chi connectivity index (χ1) is 8.15. The predicted molar refractivity (Wildman–Crippen MR) is 74.4 cm³/mol. The van der Waals surface area contributed by atoms with Crippen LogP contribution < -0.4 is 0 Å². The van der Waals surface area contributed by atoms with Crippen molar-refractivity contribution >= 4 is 22.2 Å². The average Bonchev–Trinajstić information content (AvgIpc) is 2.79. The van der Waals surface area contributed by atoms with Crippen LogP contribution >= 0.6 is 0 Å². The number of H-pyrrole nitrogens is 1. The van der Waals surface area contributed by atoms with Gasteiger partial charge in [-0.1, -0.05) is 38.3 Å². The summed E-state index contributed by atoms with van der Waals surface area (Å²) >= 11 is 0. The molecule has 0 aliphatic heterocycles. The summed E-state index contributed by atoms with van der Waals surface area (Å²) in [7, 11) is 0. The fourth-order valence-corrected chi connectivity index (χ4v) is 1.93. The lowest BCUT2D eigenvalue weighted by Gasteiger charge is -2.13. The molecule has 0 saturated heterocycles. The van der Waals surface area contributed by atoms with Crippen molar-refractivity contribution in [3.8, 4) is 0 Å². The van der Waals surface area contributed by atoms with Gasteiger partial charge in [0.2, 0.25) is 0 Å². The van der Waals surface area contributed by atoms with Crippen LogP contribution in [0.25, 0.3) is 16.5 Å². The Bertz CT molecular complexity index is 590. The molecule has 1 aromatic carbocycles. The van der Waals surface area contributed by atoms with E-state index in [0.29, 0.717) is 5.71 Å². The molecule has 0 aliphatic carbocycles.